The van der Waals surface area contributed by atoms with E-state index in [1.807, 2.05) is 13.8 Å². The lowest BCUT2D eigenvalue weighted by Gasteiger charge is -2.05. The molecule has 1 aromatic heterocycles. The molecular weight excluding hydrogens is 261 g/mol. The van der Waals surface area contributed by atoms with E-state index in [1.54, 1.807) is 0 Å². The summed E-state index contributed by atoms with van der Waals surface area (Å²) >= 11 is 2.94. The minimum absolute atomic E-state index is 0.00188. The highest BCUT2D eigenvalue weighted by molar-refractivity contribution is 9.10. The lowest BCUT2D eigenvalue weighted by molar-refractivity contribution is -0.142. The van der Waals surface area contributed by atoms with E-state index in [0.29, 0.717) is 5.69 Å². The van der Waals surface area contributed by atoms with Gasteiger partial charge in [-0.1, -0.05) is 13.8 Å². The van der Waals surface area contributed by atoms with Gasteiger partial charge in [0, 0.05) is 7.05 Å². The minimum atomic E-state index is -4.40. The van der Waals surface area contributed by atoms with Crippen LogP contribution in [0.15, 0.2) is 4.47 Å². The van der Waals surface area contributed by atoms with Crippen LogP contribution in [0.5, 0.6) is 0 Å². The summed E-state index contributed by atoms with van der Waals surface area (Å²) in [6, 6.07) is 0. The molecule has 80 valence electrons. The molecule has 0 spiro atoms. The monoisotopic (exact) mass is 270 g/mol. The molecule has 6 heteroatoms. The smallest absolute Gasteiger partial charge is 0.271 e. The largest absolute Gasteiger partial charge is 0.436 e. The highest BCUT2D eigenvalue weighted by Gasteiger charge is 2.38. The van der Waals surface area contributed by atoms with E-state index in [4.69, 9.17) is 0 Å². The minimum Gasteiger partial charge on any atom is -0.271 e. The molecule has 1 aromatic rings. The first-order chi connectivity index (χ1) is 6.25. The number of aryl methyl sites for hydroxylation is 1. The molecule has 1 rings (SSSR count). The number of alkyl halides is 3. The molecule has 0 amide bonds. The number of aromatic nitrogens is 2. The van der Waals surface area contributed by atoms with Crippen LogP contribution in [0.2, 0.25) is 0 Å². The fourth-order valence-corrected chi connectivity index (χ4v) is 2.34. The lowest BCUT2D eigenvalue weighted by Crippen LogP contribution is -2.07. The molecule has 0 fully saturated rings. The quantitative estimate of drug-likeness (QED) is 0.766. The van der Waals surface area contributed by atoms with Gasteiger partial charge in [-0.05, 0) is 21.8 Å². The molecule has 0 unspecified atom stereocenters. The van der Waals surface area contributed by atoms with Crippen LogP contribution >= 0.6 is 15.9 Å². The van der Waals surface area contributed by atoms with Crippen LogP contribution in [-0.4, -0.2) is 9.78 Å². The van der Waals surface area contributed by atoms with Gasteiger partial charge >= 0.3 is 6.18 Å². The van der Waals surface area contributed by atoms with Crippen molar-refractivity contribution in [2.45, 2.75) is 25.9 Å². The molecule has 0 atom stereocenters. The van der Waals surface area contributed by atoms with Gasteiger partial charge in [0.15, 0.2) is 5.69 Å². The number of hydrogen-bond acceptors (Lipinski definition) is 1. The van der Waals surface area contributed by atoms with Crippen molar-refractivity contribution in [1.82, 2.24) is 9.78 Å². The number of hydrogen-bond donors (Lipinski definition) is 0. The molecule has 1 heterocycles. The predicted molar refractivity (Wildman–Crippen MR) is 50.0 cm³/mol. The van der Waals surface area contributed by atoms with Crippen molar-refractivity contribution in [3.8, 4) is 0 Å². The van der Waals surface area contributed by atoms with Crippen molar-refractivity contribution in [2.24, 2.45) is 7.05 Å². The third-order valence-corrected chi connectivity index (χ3v) is 2.63. The van der Waals surface area contributed by atoms with Crippen molar-refractivity contribution in [2.75, 3.05) is 0 Å². The molecule has 2 nitrogen and oxygen atoms in total. The summed E-state index contributed by atoms with van der Waals surface area (Å²) in [5, 5.41) is 3.45. The number of rotatable bonds is 1. The van der Waals surface area contributed by atoms with Gasteiger partial charge in [0.05, 0.1) is 10.2 Å². The molecule has 0 saturated heterocycles. The van der Waals surface area contributed by atoms with Gasteiger partial charge in [0.2, 0.25) is 0 Å². The zero-order valence-electron chi connectivity index (χ0n) is 7.98. The molecule has 0 aromatic carbocycles. The maximum atomic E-state index is 12.4. The normalized spacial score (nSPS) is 12.6. The fourth-order valence-electron chi connectivity index (χ4n) is 1.32. The maximum Gasteiger partial charge on any atom is 0.436 e. The Morgan fingerprint density at radius 3 is 2.07 bits per heavy atom. The first kappa shape index (κ1) is 11.6. The first-order valence-electron chi connectivity index (χ1n) is 4.04. The summed E-state index contributed by atoms with van der Waals surface area (Å²) in [5.41, 5.74) is -0.305. The lowest BCUT2D eigenvalue weighted by atomic mass is 10.1. The van der Waals surface area contributed by atoms with E-state index in [9.17, 15) is 13.2 Å². The van der Waals surface area contributed by atoms with Gasteiger partial charge in [-0.25, -0.2) is 0 Å². The van der Waals surface area contributed by atoms with Crippen molar-refractivity contribution in [3.05, 3.63) is 15.9 Å². The van der Waals surface area contributed by atoms with Gasteiger partial charge in [-0.15, -0.1) is 0 Å². The zero-order chi connectivity index (χ0) is 11.1. The summed E-state index contributed by atoms with van der Waals surface area (Å²) in [5.74, 6) is -0.00188. The average molecular weight is 271 g/mol. The Balaban J connectivity index is 3.31. The van der Waals surface area contributed by atoms with Crippen LogP contribution in [0.25, 0.3) is 0 Å². The van der Waals surface area contributed by atoms with E-state index < -0.39 is 11.9 Å². The predicted octanol–water partition coefficient (Wildman–Crippen LogP) is 3.32. The molecule has 0 N–H and O–H groups in total. The van der Waals surface area contributed by atoms with Gasteiger partial charge in [0.1, 0.15) is 0 Å². The topological polar surface area (TPSA) is 17.8 Å². The Labute approximate surface area is 88.2 Å². The summed E-state index contributed by atoms with van der Waals surface area (Å²) in [6.07, 6.45) is -4.40. The summed E-state index contributed by atoms with van der Waals surface area (Å²) < 4.78 is 38.5. The summed E-state index contributed by atoms with van der Waals surface area (Å²) in [6.45, 7) is 3.64. The molecule has 0 aliphatic rings. The van der Waals surface area contributed by atoms with Crippen molar-refractivity contribution in [1.29, 1.82) is 0 Å². The van der Waals surface area contributed by atoms with Crippen molar-refractivity contribution >= 4 is 15.9 Å². The van der Waals surface area contributed by atoms with Crippen LogP contribution < -0.4 is 0 Å². The Bertz CT molecular complexity index is 341. The second-order valence-electron chi connectivity index (χ2n) is 3.32. The van der Waals surface area contributed by atoms with Crippen LogP contribution in [0.1, 0.15) is 31.2 Å². The average Bonchev–Trinajstić information content (AvgIpc) is 2.24. The van der Waals surface area contributed by atoms with Crippen LogP contribution in [-0.2, 0) is 13.2 Å². The fraction of sp³-hybridized carbons (Fsp3) is 0.625. The Hall–Kier alpha value is -0.520. The van der Waals surface area contributed by atoms with E-state index >= 15 is 0 Å². The first-order valence-corrected chi connectivity index (χ1v) is 4.84. The Morgan fingerprint density at radius 2 is 1.86 bits per heavy atom. The highest BCUT2D eigenvalue weighted by Crippen LogP contribution is 2.37. The third kappa shape index (κ3) is 1.94. The number of nitrogens with zero attached hydrogens (tertiary/aromatic N) is 2. The van der Waals surface area contributed by atoms with E-state index in [-0.39, 0.29) is 10.4 Å². The van der Waals surface area contributed by atoms with Crippen LogP contribution in [0, 0.1) is 0 Å². The molecule has 0 saturated carbocycles. The molecular formula is C8H10BrF3N2. The standard InChI is InChI=1S/C8H10BrF3N2/c1-4(2)6-5(9)7(8(10,11)12)13-14(6)3/h4H,1-3H3. The van der Waals surface area contributed by atoms with E-state index in [2.05, 4.69) is 21.0 Å². The molecule has 0 aliphatic heterocycles. The van der Waals surface area contributed by atoms with Crippen molar-refractivity contribution in [3.63, 3.8) is 0 Å². The number of halogens is 4. The van der Waals surface area contributed by atoms with Crippen LogP contribution in [0.3, 0.4) is 0 Å². The van der Waals surface area contributed by atoms with Gasteiger partial charge < -0.3 is 0 Å². The van der Waals surface area contributed by atoms with Crippen molar-refractivity contribution < 1.29 is 13.2 Å². The second kappa shape index (κ2) is 3.56. The van der Waals surface area contributed by atoms with E-state index in [0.717, 1.165) is 0 Å². The Kier molecular flexibility index (Phi) is 2.94. The Morgan fingerprint density at radius 1 is 1.36 bits per heavy atom. The second-order valence-corrected chi connectivity index (χ2v) is 4.12. The van der Waals surface area contributed by atoms with E-state index in [1.165, 1.54) is 11.7 Å². The summed E-state index contributed by atoms with van der Waals surface area (Å²) in [7, 11) is 1.51. The van der Waals surface area contributed by atoms with Gasteiger partial charge in [0.25, 0.3) is 0 Å². The molecule has 14 heavy (non-hydrogen) atoms. The molecule has 0 aliphatic carbocycles. The molecule has 0 bridgehead atoms. The highest BCUT2D eigenvalue weighted by atomic mass is 79.9. The summed E-state index contributed by atoms with van der Waals surface area (Å²) in [4.78, 5) is 0. The SMILES string of the molecule is CC(C)c1c(Br)c(C(F)(F)F)nn1C. The zero-order valence-corrected chi connectivity index (χ0v) is 9.57. The van der Waals surface area contributed by atoms with Gasteiger partial charge in [-0.2, -0.15) is 18.3 Å². The van der Waals surface area contributed by atoms with Gasteiger partial charge in [-0.3, -0.25) is 4.68 Å². The molecule has 0 radical (unpaired) electrons. The van der Waals surface area contributed by atoms with Crippen LogP contribution in [0.4, 0.5) is 13.2 Å². The third-order valence-electron chi connectivity index (χ3n) is 1.85. The maximum absolute atomic E-state index is 12.4.